The summed E-state index contributed by atoms with van der Waals surface area (Å²) in [6.45, 7) is -3.04. The Morgan fingerprint density at radius 2 is 0.561 bits per heavy atom. The molecule has 0 N–H and O–H groups in total. The molecule has 0 aliphatic carbocycles. The molecule has 0 aliphatic heterocycles. The molecule has 0 bridgehead atoms. The van der Waals surface area contributed by atoms with Crippen LogP contribution in [0, 0.1) is 94.6 Å². The molecule has 12 aromatic carbocycles. The minimum Gasteiger partial charge on any atom is -0.305 e. The Kier molecular flexibility index (Phi) is 35.4. The van der Waals surface area contributed by atoms with E-state index in [0.29, 0.717) is 16.8 Å². The summed E-state index contributed by atoms with van der Waals surface area (Å²) in [6, 6.07) is 142. The Hall–Kier alpha value is -13.7. The number of hydrogen-bond acceptors (Lipinski definition) is 8. The average Bonchev–Trinajstić information content (AvgIpc) is 0.752. The van der Waals surface area contributed by atoms with Crippen molar-refractivity contribution in [3.63, 3.8) is 0 Å². The molecule has 8 aromatic heterocycles. The topological polar surface area (TPSA) is 103 Å². The first-order valence-electron chi connectivity index (χ1n) is 51.8. The average molecular weight is 2540 g/mol. The van der Waals surface area contributed by atoms with Gasteiger partial charge in [0.15, 0.2) is 0 Å². The second-order valence-corrected chi connectivity index (χ2v) is 30.6. The first-order chi connectivity index (χ1) is 72.6. The van der Waals surface area contributed by atoms with E-state index in [-0.39, 0.29) is 115 Å². The molecule has 0 aliphatic rings. The van der Waals surface area contributed by atoms with E-state index in [1.807, 2.05) is 220 Å². The maximum absolute atomic E-state index is 12.9. The van der Waals surface area contributed by atoms with Crippen LogP contribution in [0.15, 0.2) is 426 Å². The van der Waals surface area contributed by atoms with E-state index >= 15 is 0 Å². The third-order valence-corrected chi connectivity index (χ3v) is 20.7. The largest absolute Gasteiger partial charge is 0.305 e. The number of pyridine rings is 8. The molecule has 0 saturated carbocycles. The van der Waals surface area contributed by atoms with Crippen molar-refractivity contribution >= 4 is 0 Å². The van der Waals surface area contributed by atoms with Gasteiger partial charge in [-0.2, -0.15) is 0 Å². The fraction of sp³-hybridized carbons (Fsp3) is 0.104. The number of benzene rings is 12. The summed E-state index contributed by atoms with van der Waals surface area (Å²) < 4.78 is 153. The number of aromatic nitrogens is 8. The minimum absolute atomic E-state index is 0. The van der Waals surface area contributed by atoms with Crippen molar-refractivity contribution in [3.05, 3.63) is 530 Å². The van der Waals surface area contributed by atoms with Gasteiger partial charge in [-0.05, 0) is 207 Å². The van der Waals surface area contributed by atoms with Crippen LogP contribution in [0.5, 0.6) is 0 Å². The van der Waals surface area contributed by atoms with Gasteiger partial charge in [0.1, 0.15) is 11.6 Å². The Morgan fingerprint density at radius 1 is 0.259 bits per heavy atom. The molecule has 702 valence electrons. The van der Waals surface area contributed by atoms with Crippen molar-refractivity contribution in [2.45, 2.75) is 87.1 Å². The summed E-state index contributed by atoms with van der Waals surface area (Å²) in [4.78, 5) is 34.5. The van der Waals surface area contributed by atoms with Gasteiger partial charge in [0, 0.05) is 153 Å². The van der Waals surface area contributed by atoms with Crippen LogP contribution in [0.4, 0.5) is 8.78 Å². The molecule has 2 unspecified atom stereocenters. The second kappa shape index (κ2) is 57.5. The molecule has 8 heterocycles. The van der Waals surface area contributed by atoms with Crippen LogP contribution in [-0.2, 0) is 86.8 Å². The molecule has 0 amide bonds. The first-order valence-corrected chi connectivity index (χ1v) is 43.3. The third kappa shape index (κ3) is 33.9. The number of nitrogens with zero attached hydrogens (tertiary/aromatic N) is 8. The van der Waals surface area contributed by atoms with E-state index in [1.54, 1.807) is 104 Å². The molecule has 20 aromatic rings. The van der Waals surface area contributed by atoms with Gasteiger partial charge in [-0.1, -0.05) is 197 Å². The third-order valence-electron chi connectivity index (χ3n) is 20.7. The molecular formula is C125H104F2Ir4N8-8. The fourth-order valence-corrected chi connectivity index (χ4v) is 13.4. The van der Waals surface area contributed by atoms with Crippen molar-refractivity contribution in [2.24, 2.45) is 0 Å². The minimum atomic E-state index is -2.67. The van der Waals surface area contributed by atoms with Crippen molar-refractivity contribution in [1.29, 1.82) is 0 Å². The van der Waals surface area contributed by atoms with E-state index in [9.17, 15) is 8.78 Å². The summed E-state index contributed by atoms with van der Waals surface area (Å²) in [5, 5.41) is 0. The van der Waals surface area contributed by atoms with E-state index in [0.717, 1.165) is 118 Å². The molecule has 0 fully saturated rings. The van der Waals surface area contributed by atoms with Gasteiger partial charge in [0.2, 0.25) is 0 Å². The van der Waals surface area contributed by atoms with Crippen molar-refractivity contribution in [1.82, 2.24) is 39.9 Å². The molecule has 14 heteroatoms. The Balaban J connectivity index is 0.000000197. The fourth-order valence-electron chi connectivity index (χ4n) is 13.4. The maximum atomic E-state index is 12.9. The van der Waals surface area contributed by atoms with Crippen LogP contribution in [0.1, 0.15) is 114 Å². The Morgan fingerprint density at radius 3 is 0.871 bits per heavy atom. The number of hydrogen-bond donors (Lipinski definition) is 0. The second-order valence-electron chi connectivity index (χ2n) is 30.6. The van der Waals surface area contributed by atoms with Crippen LogP contribution in [-0.4, -0.2) is 39.9 Å². The van der Waals surface area contributed by atoms with Gasteiger partial charge in [-0.25, -0.2) is 8.78 Å². The smallest absolute Gasteiger partial charge is 0.123 e. The SMILES string of the molecule is Cc1ccc(-c2ccnc(-c3[c-]cccc3)c2)cc1.Cc1ccc(-c2ccnc(-c3[c-]cccc3)c2)cc1.Fc1ccc(-c2ccc(-c3[c-]cccc3)nc2)cc1.Fc1ccc(-c2ccc(-c3[c-]cccc3)nc2)cc1.[2H]C([2H])([2H])C([2H])(C)c1cnc(-c2[c-]cccc2)cc1C.[2H]C([2H])([2H])Cc1ccc(-c2[c-]cccc2)nc1.[2H]C([2H])([2H])c1ccc(-c2[c-]cccc2)nc1.[2H]C([2H])([2H])c1cnc(-c2[c-]cccc2)cc1C([2H])(C)C([2H])([2H])[2H].[Ir].[Ir].[Ir].[Ir]. The zero-order chi connectivity index (χ0) is 109. The molecule has 4 radical (unpaired) electrons. The van der Waals surface area contributed by atoms with Gasteiger partial charge in [-0.15, -0.1) is 287 Å². The van der Waals surface area contributed by atoms with Crippen LogP contribution in [0.2, 0.25) is 0 Å². The molecule has 0 spiro atoms. The van der Waals surface area contributed by atoms with Crippen LogP contribution in [0.25, 0.3) is 135 Å². The molecule has 0 saturated heterocycles. The zero-order valence-corrected chi connectivity index (χ0v) is 85.9. The van der Waals surface area contributed by atoms with Crippen molar-refractivity contribution in [2.75, 3.05) is 0 Å². The van der Waals surface area contributed by atoms with Crippen LogP contribution >= 0.6 is 0 Å². The molecule has 2 atom stereocenters. The quantitative estimate of drug-likeness (QED) is 0.0935. The summed E-state index contributed by atoms with van der Waals surface area (Å²) in [5.41, 5.74) is 26.6. The Labute approximate surface area is 897 Å². The first kappa shape index (κ1) is 85.7. The van der Waals surface area contributed by atoms with Crippen molar-refractivity contribution < 1.29 is 113 Å². The monoisotopic (exact) mass is 2540 g/mol. The van der Waals surface area contributed by atoms with Crippen LogP contribution in [0.3, 0.4) is 0 Å². The van der Waals surface area contributed by atoms with Crippen LogP contribution < -0.4 is 0 Å². The van der Waals surface area contributed by atoms with E-state index < -0.39 is 46.0 Å². The Bertz CT molecular complexity index is 7430. The predicted molar refractivity (Wildman–Crippen MR) is 551 cm³/mol. The van der Waals surface area contributed by atoms with Gasteiger partial charge in [0.05, 0.1) is 0 Å². The van der Waals surface area contributed by atoms with Gasteiger partial charge < -0.3 is 39.9 Å². The molecular weight excluding hydrogens is 2420 g/mol. The standard InChI is InChI=1S/2C18H14N.2C17H11FN.2C15H16N.C13H12N.C12H10N.4Ir/c2*1-14-7-9-15(10-8-14)17-11-12-19-18(13-17)16-5-3-2-4-6-16;2*18-16-9-6-13(7-10-16)15-8-11-17(19-12-15)14-4-2-1-3-5-14;1-11(2)14-9-15(16-10-12(14)3)13-7-5-4-6-8-13;1-11(2)14-10-16-15(9-12(14)3)13-7-5-4-6-8-13;1-2-11-8-9-13(14-10-11)12-6-4-3-5-7-12;1-10-7-8-12(13-9-10)11-5-3-2-4-6-11;;;;/h2*2-5,7-13H,1H3;2*1-4,6-12H;2*4-7,9-11H,1-3H3;3-6,8-10H,2H2,1H3;2-5,7-9H,1H3;;;;/q8*-1;;;;/i;;;;1D3,3D3,11D;1D3,11D;2*1D3;;;;. The number of aryl methyl sites for hydroxylation is 6. The molecule has 8 nitrogen and oxygen atoms in total. The van der Waals surface area contributed by atoms with E-state index in [1.165, 1.54) is 90.0 Å². The summed E-state index contributed by atoms with van der Waals surface area (Å²) in [6.07, 6.45) is 13.0. The zero-order valence-electron chi connectivity index (χ0n) is 93.3. The van der Waals surface area contributed by atoms with Gasteiger partial charge in [0.25, 0.3) is 0 Å². The number of rotatable bonds is 15. The summed E-state index contributed by atoms with van der Waals surface area (Å²) in [5.74, 6) is -4.19. The molecule has 20 rings (SSSR count). The van der Waals surface area contributed by atoms with Gasteiger partial charge >= 0.3 is 0 Å². The predicted octanol–water partition coefficient (Wildman–Crippen LogP) is 31.7. The van der Waals surface area contributed by atoms with E-state index in [4.69, 9.17) is 23.3 Å². The number of halogens is 2. The normalized spacial score (nSPS) is 13.2. The molecule has 139 heavy (non-hydrogen) atoms. The van der Waals surface area contributed by atoms with Gasteiger partial charge in [-0.3, -0.25) is 0 Å². The summed E-state index contributed by atoms with van der Waals surface area (Å²) >= 11 is 0. The summed E-state index contributed by atoms with van der Waals surface area (Å²) in [7, 11) is 0. The van der Waals surface area contributed by atoms with Crippen molar-refractivity contribution in [3.8, 4) is 135 Å². The van der Waals surface area contributed by atoms with E-state index in [2.05, 4.69) is 163 Å². The maximum Gasteiger partial charge on any atom is 0.123 e.